The summed E-state index contributed by atoms with van der Waals surface area (Å²) >= 11 is 1.58. The van der Waals surface area contributed by atoms with E-state index in [9.17, 15) is 9.59 Å². The van der Waals surface area contributed by atoms with E-state index in [1.165, 1.54) is 0 Å². The second-order valence-corrected chi connectivity index (χ2v) is 9.18. The minimum atomic E-state index is -0.515. The molecule has 0 aromatic rings. The number of ether oxygens (including phenoxy) is 1. The molecule has 29 heavy (non-hydrogen) atoms. The molecule has 0 aromatic carbocycles. The first-order valence-corrected chi connectivity index (χ1v) is 10.7. The maximum atomic E-state index is 11.8. The number of thioether (sulfide) groups is 1. The summed E-state index contributed by atoms with van der Waals surface area (Å²) in [5, 5.41) is 17.4. The zero-order valence-corrected chi connectivity index (χ0v) is 19.2. The van der Waals surface area contributed by atoms with Crippen LogP contribution in [0, 0.1) is 5.41 Å². The summed E-state index contributed by atoms with van der Waals surface area (Å²) in [6, 6.07) is 0. The standard InChI is InChI=1S/C19H38N6O3S/c1-6-25(7-2)14-17(27)22-8-10-28-11-9-23-18(29-19(3,4)5)12-15(20)24-13-16(21)26/h12,23H,6-11,13-14H2,1-5H3,(H2,20,24)(H2,21,26)(H,22,27)/b18-12+. The minimum Gasteiger partial charge on any atom is -0.378 e. The van der Waals surface area contributed by atoms with Crippen molar-refractivity contribution >= 4 is 29.4 Å². The van der Waals surface area contributed by atoms with E-state index in [2.05, 4.69) is 41.6 Å². The Bertz CT molecular complexity index is 545. The molecule has 0 aliphatic carbocycles. The maximum absolute atomic E-state index is 11.8. The van der Waals surface area contributed by atoms with Crippen LogP contribution < -0.4 is 21.7 Å². The summed E-state index contributed by atoms with van der Waals surface area (Å²) in [5.74, 6) is -0.400. The van der Waals surface area contributed by atoms with E-state index in [-0.39, 0.29) is 23.0 Å². The van der Waals surface area contributed by atoms with Gasteiger partial charge in [-0.2, -0.15) is 0 Å². The number of carbonyl (C=O) groups excluding carboxylic acids is 2. The number of hydrogen-bond donors (Lipinski definition) is 5. The molecule has 0 aliphatic rings. The van der Waals surface area contributed by atoms with Crippen molar-refractivity contribution in [2.24, 2.45) is 5.73 Å². The van der Waals surface area contributed by atoms with Crippen LogP contribution in [0.4, 0.5) is 0 Å². The SMILES string of the molecule is CCN(CC)CC(=O)NCCOCCN/C(=C\C(=N)NCC(N)=O)SC(C)(C)C. The number of nitrogens with zero attached hydrogens (tertiary/aromatic N) is 1. The molecular formula is C19H38N6O3S. The van der Waals surface area contributed by atoms with Gasteiger partial charge in [0.25, 0.3) is 0 Å². The number of hydrogen-bond acceptors (Lipinski definition) is 7. The van der Waals surface area contributed by atoms with Crippen LogP contribution in [-0.2, 0) is 14.3 Å². The second kappa shape index (κ2) is 15.1. The number of carbonyl (C=O) groups is 2. The Morgan fingerprint density at radius 1 is 1.10 bits per heavy atom. The van der Waals surface area contributed by atoms with Crippen molar-refractivity contribution in [1.29, 1.82) is 5.41 Å². The van der Waals surface area contributed by atoms with Gasteiger partial charge in [0.1, 0.15) is 5.84 Å². The lowest BCUT2D eigenvalue weighted by atomic mass is 10.3. The van der Waals surface area contributed by atoms with Crippen molar-refractivity contribution < 1.29 is 14.3 Å². The molecule has 0 heterocycles. The zero-order chi connectivity index (χ0) is 22.3. The monoisotopic (exact) mass is 430 g/mol. The molecule has 10 heteroatoms. The smallest absolute Gasteiger partial charge is 0.236 e. The Morgan fingerprint density at radius 2 is 1.69 bits per heavy atom. The topological polar surface area (TPSA) is 133 Å². The van der Waals surface area contributed by atoms with Crippen LogP contribution in [0.25, 0.3) is 0 Å². The van der Waals surface area contributed by atoms with Gasteiger partial charge in [0.2, 0.25) is 11.8 Å². The molecule has 0 spiro atoms. The second-order valence-electron chi connectivity index (χ2n) is 7.31. The van der Waals surface area contributed by atoms with Crippen molar-refractivity contribution in [2.75, 3.05) is 52.5 Å². The summed E-state index contributed by atoms with van der Waals surface area (Å²) in [6.07, 6.45) is 1.63. The van der Waals surface area contributed by atoms with Crippen LogP contribution in [0.1, 0.15) is 34.6 Å². The molecule has 9 nitrogen and oxygen atoms in total. The highest BCUT2D eigenvalue weighted by Crippen LogP contribution is 2.29. The Labute approximate surface area is 179 Å². The van der Waals surface area contributed by atoms with Gasteiger partial charge in [0.15, 0.2) is 0 Å². The van der Waals surface area contributed by atoms with Crippen LogP contribution in [0.5, 0.6) is 0 Å². The molecule has 168 valence electrons. The number of nitrogens with one attached hydrogen (secondary N) is 4. The fourth-order valence-electron chi connectivity index (χ4n) is 2.13. The number of amides is 2. The van der Waals surface area contributed by atoms with Gasteiger partial charge in [-0.1, -0.05) is 34.6 Å². The van der Waals surface area contributed by atoms with Gasteiger partial charge in [0, 0.05) is 23.9 Å². The first-order valence-electron chi connectivity index (χ1n) is 9.89. The molecule has 0 saturated carbocycles. The van der Waals surface area contributed by atoms with E-state index in [4.69, 9.17) is 15.9 Å². The van der Waals surface area contributed by atoms with E-state index in [0.717, 1.165) is 18.1 Å². The average molecular weight is 431 g/mol. The minimum absolute atomic E-state index is 0.00388. The van der Waals surface area contributed by atoms with Crippen molar-refractivity contribution in [1.82, 2.24) is 20.9 Å². The zero-order valence-electron chi connectivity index (χ0n) is 18.4. The van der Waals surface area contributed by atoms with Gasteiger partial charge in [-0.25, -0.2) is 0 Å². The van der Waals surface area contributed by atoms with Crippen LogP contribution in [0.15, 0.2) is 11.1 Å². The number of primary amides is 1. The molecule has 6 N–H and O–H groups in total. The van der Waals surface area contributed by atoms with E-state index in [1.54, 1.807) is 17.8 Å². The fraction of sp³-hybridized carbons (Fsp3) is 0.737. The van der Waals surface area contributed by atoms with Crippen molar-refractivity contribution in [3.05, 3.63) is 11.1 Å². The summed E-state index contributed by atoms with van der Waals surface area (Å²) in [6.45, 7) is 14.3. The number of amidine groups is 1. The third-order valence-corrected chi connectivity index (χ3v) is 4.61. The van der Waals surface area contributed by atoms with Gasteiger partial charge < -0.3 is 26.4 Å². The molecule has 0 fully saturated rings. The summed E-state index contributed by atoms with van der Waals surface area (Å²) < 4.78 is 5.51. The molecule has 0 radical (unpaired) electrons. The molecular weight excluding hydrogens is 392 g/mol. The molecule has 0 saturated heterocycles. The summed E-state index contributed by atoms with van der Waals surface area (Å²) in [5.41, 5.74) is 5.08. The lowest BCUT2D eigenvalue weighted by Crippen LogP contribution is -2.38. The first kappa shape index (κ1) is 27.2. The molecule has 0 aromatic heterocycles. The molecule has 0 aliphatic heterocycles. The normalized spacial score (nSPS) is 12.0. The fourth-order valence-corrected chi connectivity index (χ4v) is 3.14. The van der Waals surface area contributed by atoms with Crippen LogP contribution in [0.2, 0.25) is 0 Å². The molecule has 0 unspecified atom stereocenters. The lowest BCUT2D eigenvalue weighted by Gasteiger charge is -2.21. The largest absolute Gasteiger partial charge is 0.378 e. The number of likely N-dealkylation sites (N-methyl/N-ethyl adjacent to an activating group) is 1. The van der Waals surface area contributed by atoms with E-state index in [1.807, 2.05) is 13.8 Å². The third kappa shape index (κ3) is 16.8. The predicted molar refractivity (Wildman–Crippen MR) is 120 cm³/mol. The highest BCUT2D eigenvalue weighted by atomic mass is 32.2. The Hall–Kier alpha value is -1.78. The lowest BCUT2D eigenvalue weighted by molar-refractivity contribution is -0.122. The van der Waals surface area contributed by atoms with Crippen molar-refractivity contribution in [2.45, 2.75) is 39.4 Å². The Morgan fingerprint density at radius 3 is 2.21 bits per heavy atom. The highest BCUT2D eigenvalue weighted by molar-refractivity contribution is 8.04. The molecule has 2 amide bonds. The third-order valence-electron chi connectivity index (χ3n) is 3.52. The Kier molecular flexibility index (Phi) is 14.2. The molecule has 0 atom stereocenters. The van der Waals surface area contributed by atoms with Crippen molar-refractivity contribution in [3.8, 4) is 0 Å². The Balaban J connectivity index is 4.20. The maximum Gasteiger partial charge on any atom is 0.236 e. The van der Waals surface area contributed by atoms with Crippen molar-refractivity contribution in [3.63, 3.8) is 0 Å². The number of nitrogens with two attached hydrogens (primary N) is 1. The van der Waals surface area contributed by atoms with E-state index < -0.39 is 5.91 Å². The van der Waals surface area contributed by atoms with Crippen LogP contribution in [-0.4, -0.2) is 79.8 Å². The summed E-state index contributed by atoms with van der Waals surface area (Å²) in [4.78, 5) is 24.7. The van der Waals surface area contributed by atoms with Gasteiger partial charge in [-0.05, 0) is 13.1 Å². The molecule has 0 bridgehead atoms. The molecule has 0 rings (SSSR count). The predicted octanol–water partition coefficient (Wildman–Crippen LogP) is 0.476. The average Bonchev–Trinajstić information content (AvgIpc) is 2.62. The van der Waals surface area contributed by atoms with E-state index in [0.29, 0.717) is 32.8 Å². The quantitative estimate of drug-likeness (QED) is 0.145. The summed E-state index contributed by atoms with van der Waals surface area (Å²) in [7, 11) is 0. The van der Waals surface area contributed by atoms with E-state index >= 15 is 0 Å². The van der Waals surface area contributed by atoms with Gasteiger partial charge in [-0.15, -0.1) is 11.8 Å². The van der Waals surface area contributed by atoms with Gasteiger partial charge >= 0.3 is 0 Å². The van der Waals surface area contributed by atoms with Crippen LogP contribution in [0.3, 0.4) is 0 Å². The first-order chi connectivity index (χ1) is 13.6. The van der Waals surface area contributed by atoms with Gasteiger partial charge in [-0.3, -0.25) is 19.9 Å². The highest BCUT2D eigenvalue weighted by Gasteiger charge is 2.14. The van der Waals surface area contributed by atoms with Crippen LogP contribution >= 0.6 is 11.8 Å². The number of rotatable bonds is 15. The van der Waals surface area contributed by atoms with Gasteiger partial charge in [0.05, 0.1) is 31.3 Å².